The molecule has 1 aliphatic rings. The highest BCUT2D eigenvalue weighted by Crippen LogP contribution is 2.38. The van der Waals surface area contributed by atoms with Gasteiger partial charge in [-0.2, -0.15) is 0 Å². The van der Waals surface area contributed by atoms with Crippen molar-refractivity contribution in [3.8, 4) is 0 Å². The van der Waals surface area contributed by atoms with E-state index >= 15 is 0 Å². The van der Waals surface area contributed by atoms with Crippen LogP contribution >= 0.6 is 23.2 Å². The topological polar surface area (TPSA) is 12.0 Å². The lowest BCUT2D eigenvalue weighted by Crippen LogP contribution is -2.44. The minimum atomic E-state index is 0.202. The Balaban J connectivity index is 1.91. The Morgan fingerprint density at radius 3 is 2.42 bits per heavy atom. The fourth-order valence-electron chi connectivity index (χ4n) is 2.60. The predicted molar refractivity (Wildman–Crippen MR) is 84.1 cm³/mol. The van der Waals surface area contributed by atoms with Crippen LogP contribution in [0, 0.1) is 11.8 Å². The van der Waals surface area contributed by atoms with Gasteiger partial charge in [0.2, 0.25) is 0 Å². The van der Waals surface area contributed by atoms with Crippen LogP contribution in [0.4, 0.5) is 0 Å². The van der Waals surface area contributed by atoms with Crippen molar-refractivity contribution in [2.24, 2.45) is 11.8 Å². The molecule has 1 aliphatic carbocycles. The molecule has 2 atom stereocenters. The molecule has 3 heteroatoms. The van der Waals surface area contributed by atoms with Crippen LogP contribution in [0.1, 0.15) is 39.2 Å². The summed E-state index contributed by atoms with van der Waals surface area (Å²) in [6, 6.07) is 5.94. The molecule has 2 unspecified atom stereocenters. The maximum atomic E-state index is 6.27. The Morgan fingerprint density at radius 2 is 1.84 bits per heavy atom. The molecule has 0 heterocycles. The second kappa shape index (κ2) is 6.03. The van der Waals surface area contributed by atoms with Crippen LogP contribution in [0.15, 0.2) is 18.2 Å². The van der Waals surface area contributed by atoms with Crippen molar-refractivity contribution in [3.63, 3.8) is 0 Å². The molecule has 0 aliphatic heterocycles. The normalized spacial score (nSPS) is 23.2. The Morgan fingerprint density at radius 1 is 1.16 bits per heavy atom. The van der Waals surface area contributed by atoms with Crippen LogP contribution in [0.2, 0.25) is 10.0 Å². The quantitative estimate of drug-likeness (QED) is 0.829. The van der Waals surface area contributed by atoms with Gasteiger partial charge in [-0.15, -0.1) is 0 Å². The van der Waals surface area contributed by atoms with E-state index in [-0.39, 0.29) is 5.54 Å². The number of halogens is 2. The van der Waals surface area contributed by atoms with Crippen molar-refractivity contribution < 1.29 is 0 Å². The van der Waals surface area contributed by atoms with Crippen LogP contribution in [-0.4, -0.2) is 12.1 Å². The standard InChI is InChI=1S/C16H23Cl2N/c1-16(2,3)19-10-13-8-7-11(13)9-12-5-4-6-14(17)15(12)18/h4-6,11,13,19H,7-10H2,1-3H3. The number of nitrogens with one attached hydrogen (secondary N) is 1. The maximum absolute atomic E-state index is 6.27. The summed E-state index contributed by atoms with van der Waals surface area (Å²) in [6.45, 7) is 7.75. The van der Waals surface area contributed by atoms with Crippen molar-refractivity contribution in [1.29, 1.82) is 0 Å². The molecule has 0 radical (unpaired) electrons. The van der Waals surface area contributed by atoms with Gasteiger partial charge in [0.25, 0.3) is 0 Å². The van der Waals surface area contributed by atoms with Crippen molar-refractivity contribution >= 4 is 23.2 Å². The first-order chi connectivity index (χ1) is 8.87. The highest BCUT2D eigenvalue weighted by Gasteiger charge is 2.31. The Labute approximate surface area is 126 Å². The van der Waals surface area contributed by atoms with E-state index in [1.807, 2.05) is 12.1 Å². The van der Waals surface area contributed by atoms with Crippen LogP contribution in [-0.2, 0) is 6.42 Å². The summed E-state index contributed by atoms with van der Waals surface area (Å²) in [6.07, 6.45) is 3.68. The van der Waals surface area contributed by atoms with E-state index in [4.69, 9.17) is 23.2 Å². The summed E-state index contributed by atoms with van der Waals surface area (Å²) in [7, 11) is 0. The molecule has 1 nitrogen and oxygen atoms in total. The summed E-state index contributed by atoms with van der Waals surface area (Å²) < 4.78 is 0. The van der Waals surface area contributed by atoms with Crippen molar-refractivity contribution in [2.45, 2.75) is 45.6 Å². The average Bonchev–Trinajstić information content (AvgIpc) is 2.28. The SMILES string of the molecule is CC(C)(C)NCC1CCC1Cc1cccc(Cl)c1Cl. The summed E-state index contributed by atoms with van der Waals surface area (Å²) in [5.74, 6) is 1.51. The van der Waals surface area contributed by atoms with Crippen LogP contribution in [0.25, 0.3) is 0 Å². The van der Waals surface area contributed by atoms with Crippen molar-refractivity contribution in [3.05, 3.63) is 33.8 Å². The zero-order valence-corrected chi connectivity index (χ0v) is 13.5. The molecular weight excluding hydrogens is 277 g/mol. The molecule has 19 heavy (non-hydrogen) atoms. The van der Waals surface area contributed by atoms with E-state index in [0.717, 1.165) is 29.8 Å². The van der Waals surface area contributed by atoms with Gasteiger partial charge in [-0.05, 0) is 70.0 Å². The third kappa shape index (κ3) is 4.11. The summed E-state index contributed by atoms with van der Waals surface area (Å²) in [5.41, 5.74) is 1.40. The van der Waals surface area contributed by atoms with Crippen molar-refractivity contribution in [1.82, 2.24) is 5.32 Å². The molecule has 0 amide bonds. The minimum Gasteiger partial charge on any atom is -0.312 e. The maximum Gasteiger partial charge on any atom is 0.0624 e. The molecule has 0 saturated heterocycles. The van der Waals surface area contributed by atoms with Crippen molar-refractivity contribution in [2.75, 3.05) is 6.54 Å². The molecular formula is C16H23Cl2N. The lowest BCUT2D eigenvalue weighted by molar-refractivity contribution is 0.159. The lowest BCUT2D eigenvalue weighted by Gasteiger charge is -2.39. The number of hydrogen-bond donors (Lipinski definition) is 1. The fraction of sp³-hybridized carbons (Fsp3) is 0.625. The zero-order chi connectivity index (χ0) is 14.0. The van der Waals surface area contributed by atoms with Crippen LogP contribution in [0.3, 0.4) is 0 Å². The third-order valence-corrected chi connectivity index (χ3v) is 4.84. The first-order valence-corrected chi connectivity index (χ1v) is 7.80. The third-order valence-electron chi connectivity index (χ3n) is 3.98. The smallest absolute Gasteiger partial charge is 0.0624 e. The van der Waals surface area contributed by atoms with Gasteiger partial charge >= 0.3 is 0 Å². The predicted octanol–water partition coefficient (Wildman–Crippen LogP) is 4.95. The zero-order valence-electron chi connectivity index (χ0n) is 12.0. The van der Waals surface area contributed by atoms with E-state index in [1.165, 1.54) is 18.4 Å². The van der Waals surface area contributed by atoms with E-state index in [0.29, 0.717) is 5.02 Å². The van der Waals surface area contributed by atoms with Gasteiger partial charge in [-0.3, -0.25) is 0 Å². The van der Waals surface area contributed by atoms with Gasteiger partial charge in [-0.25, -0.2) is 0 Å². The molecule has 1 aromatic carbocycles. The van der Waals surface area contributed by atoms with Gasteiger partial charge < -0.3 is 5.32 Å². The summed E-state index contributed by atoms with van der Waals surface area (Å²) in [5, 5.41) is 5.01. The first kappa shape index (κ1) is 15.2. The Kier molecular flexibility index (Phi) is 4.81. The van der Waals surface area contributed by atoms with Gasteiger partial charge in [-0.1, -0.05) is 35.3 Å². The average molecular weight is 300 g/mol. The molecule has 1 saturated carbocycles. The molecule has 0 aromatic heterocycles. The molecule has 2 rings (SSSR count). The number of hydrogen-bond acceptors (Lipinski definition) is 1. The van der Waals surface area contributed by atoms with Gasteiger partial charge in [0, 0.05) is 5.54 Å². The first-order valence-electron chi connectivity index (χ1n) is 7.05. The minimum absolute atomic E-state index is 0.202. The molecule has 1 N–H and O–H groups in total. The molecule has 0 bridgehead atoms. The van der Waals surface area contributed by atoms with Gasteiger partial charge in [0.15, 0.2) is 0 Å². The lowest BCUT2D eigenvalue weighted by atomic mass is 9.70. The largest absolute Gasteiger partial charge is 0.312 e. The van der Waals surface area contributed by atoms with E-state index < -0.39 is 0 Å². The summed E-state index contributed by atoms with van der Waals surface area (Å²) in [4.78, 5) is 0. The highest BCUT2D eigenvalue weighted by atomic mass is 35.5. The number of benzene rings is 1. The monoisotopic (exact) mass is 299 g/mol. The molecule has 106 valence electrons. The van der Waals surface area contributed by atoms with E-state index in [9.17, 15) is 0 Å². The van der Waals surface area contributed by atoms with Gasteiger partial charge in [0.1, 0.15) is 0 Å². The van der Waals surface area contributed by atoms with Crippen LogP contribution < -0.4 is 5.32 Å². The van der Waals surface area contributed by atoms with Crippen LogP contribution in [0.5, 0.6) is 0 Å². The van der Waals surface area contributed by atoms with E-state index in [1.54, 1.807) is 0 Å². The Hall–Kier alpha value is -0.240. The molecule has 1 fully saturated rings. The highest BCUT2D eigenvalue weighted by molar-refractivity contribution is 6.42. The number of rotatable bonds is 4. The van der Waals surface area contributed by atoms with Gasteiger partial charge in [0.05, 0.1) is 10.0 Å². The van der Waals surface area contributed by atoms with E-state index in [2.05, 4.69) is 32.2 Å². The summed E-state index contributed by atoms with van der Waals surface area (Å²) >= 11 is 12.3. The fourth-order valence-corrected chi connectivity index (χ4v) is 3.00. The molecule has 1 aromatic rings. The Bertz CT molecular complexity index is 437. The second-order valence-electron chi connectivity index (χ2n) is 6.65. The second-order valence-corrected chi connectivity index (χ2v) is 7.43. The molecule has 0 spiro atoms.